The molecule has 5 heteroatoms. The van der Waals surface area contributed by atoms with E-state index >= 15 is 0 Å². The maximum atomic E-state index is 10.7. The van der Waals surface area contributed by atoms with Gasteiger partial charge in [-0.25, -0.2) is 9.97 Å². The average Bonchev–Trinajstić information content (AvgIpc) is 2.45. The molecule has 5 nitrogen and oxygen atoms in total. The van der Waals surface area contributed by atoms with Crippen LogP contribution in [0.25, 0.3) is 0 Å². The molecular weight excluding hydrogens is 264 g/mol. The van der Waals surface area contributed by atoms with Gasteiger partial charge in [0, 0.05) is 18.7 Å². The van der Waals surface area contributed by atoms with Crippen molar-refractivity contribution in [1.82, 2.24) is 9.97 Å². The first-order valence-corrected chi connectivity index (χ1v) is 7.99. The summed E-state index contributed by atoms with van der Waals surface area (Å²) >= 11 is 0. The number of rotatable bonds is 5. The van der Waals surface area contributed by atoms with Crippen molar-refractivity contribution in [3.05, 3.63) is 11.4 Å². The lowest BCUT2D eigenvalue weighted by atomic mass is 9.79. The molecule has 1 heterocycles. The van der Waals surface area contributed by atoms with E-state index in [1.165, 1.54) is 0 Å². The fourth-order valence-electron chi connectivity index (χ4n) is 2.86. The van der Waals surface area contributed by atoms with Crippen molar-refractivity contribution in [3.8, 4) is 0 Å². The van der Waals surface area contributed by atoms with Crippen molar-refractivity contribution in [2.75, 3.05) is 23.7 Å². The van der Waals surface area contributed by atoms with Crippen LogP contribution in [0.3, 0.4) is 0 Å². The zero-order valence-electron chi connectivity index (χ0n) is 13.7. The summed E-state index contributed by atoms with van der Waals surface area (Å²) in [6, 6.07) is 0. The van der Waals surface area contributed by atoms with Gasteiger partial charge in [-0.2, -0.15) is 0 Å². The highest BCUT2D eigenvalue weighted by atomic mass is 16.3. The van der Waals surface area contributed by atoms with Crippen LogP contribution in [0.2, 0.25) is 0 Å². The van der Waals surface area contributed by atoms with E-state index < -0.39 is 5.60 Å². The van der Waals surface area contributed by atoms with Crippen molar-refractivity contribution >= 4 is 11.6 Å². The van der Waals surface area contributed by atoms with Gasteiger partial charge in [0.1, 0.15) is 17.5 Å². The molecule has 1 saturated carbocycles. The first-order chi connectivity index (χ1) is 9.93. The number of anilines is 2. The Morgan fingerprint density at radius 2 is 1.71 bits per heavy atom. The van der Waals surface area contributed by atoms with E-state index in [1.807, 2.05) is 13.8 Å². The van der Waals surface area contributed by atoms with Crippen molar-refractivity contribution in [2.24, 2.45) is 5.92 Å². The van der Waals surface area contributed by atoms with E-state index in [-0.39, 0.29) is 0 Å². The predicted octanol–water partition coefficient (Wildman–Crippen LogP) is 2.88. The van der Waals surface area contributed by atoms with Crippen LogP contribution >= 0.6 is 0 Å². The van der Waals surface area contributed by atoms with Crippen molar-refractivity contribution in [3.63, 3.8) is 0 Å². The summed E-state index contributed by atoms with van der Waals surface area (Å²) in [6.07, 6.45) is 3.93. The second-order valence-electron chi connectivity index (χ2n) is 6.38. The van der Waals surface area contributed by atoms with Crippen LogP contribution in [-0.2, 0) is 0 Å². The number of hydrogen-bond acceptors (Lipinski definition) is 5. The Balaban J connectivity index is 2.06. The van der Waals surface area contributed by atoms with Crippen LogP contribution in [0.1, 0.15) is 50.9 Å². The zero-order valence-corrected chi connectivity index (χ0v) is 13.7. The summed E-state index contributed by atoms with van der Waals surface area (Å²) in [6.45, 7) is 9.60. The van der Waals surface area contributed by atoms with E-state index in [4.69, 9.17) is 0 Å². The Morgan fingerprint density at radius 3 is 2.29 bits per heavy atom. The molecule has 0 aromatic carbocycles. The molecule has 0 unspecified atom stereocenters. The monoisotopic (exact) mass is 292 g/mol. The van der Waals surface area contributed by atoms with Crippen LogP contribution in [0.15, 0.2) is 0 Å². The summed E-state index contributed by atoms with van der Waals surface area (Å²) in [7, 11) is 0. The number of aromatic nitrogens is 2. The molecule has 1 aromatic rings. The summed E-state index contributed by atoms with van der Waals surface area (Å²) in [5, 5.41) is 17.3. The smallest absolute Gasteiger partial charge is 0.134 e. The summed E-state index contributed by atoms with van der Waals surface area (Å²) in [5.41, 5.74) is 0.408. The van der Waals surface area contributed by atoms with E-state index in [0.29, 0.717) is 6.54 Å². The minimum atomic E-state index is -0.601. The molecule has 118 valence electrons. The van der Waals surface area contributed by atoms with Crippen LogP contribution in [-0.4, -0.2) is 33.8 Å². The molecule has 1 aliphatic carbocycles. The molecule has 0 amide bonds. The van der Waals surface area contributed by atoms with Gasteiger partial charge < -0.3 is 15.7 Å². The molecule has 0 radical (unpaired) electrons. The first kappa shape index (κ1) is 16.0. The Bertz CT molecular complexity index is 481. The molecule has 3 N–H and O–H groups in total. The minimum absolute atomic E-state index is 0.558. The van der Waals surface area contributed by atoms with E-state index in [2.05, 4.69) is 34.4 Å². The van der Waals surface area contributed by atoms with Crippen molar-refractivity contribution in [1.29, 1.82) is 0 Å². The molecule has 1 aromatic heterocycles. The van der Waals surface area contributed by atoms with Gasteiger partial charge in [-0.15, -0.1) is 0 Å². The fraction of sp³-hybridized carbons (Fsp3) is 0.750. The largest absolute Gasteiger partial charge is 0.388 e. The number of nitrogens with zero attached hydrogens (tertiary/aromatic N) is 2. The van der Waals surface area contributed by atoms with Gasteiger partial charge >= 0.3 is 0 Å². The quantitative estimate of drug-likeness (QED) is 0.778. The van der Waals surface area contributed by atoms with Gasteiger partial charge in [-0.1, -0.05) is 6.92 Å². The van der Waals surface area contributed by atoms with Gasteiger partial charge in [0.2, 0.25) is 0 Å². The summed E-state index contributed by atoms with van der Waals surface area (Å²) in [4.78, 5) is 8.89. The Hall–Kier alpha value is -1.36. The molecule has 1 aliphatic rings. The molecule has 21 heavy (non-hydrogen) atoms. The lowest BCUT2D eigenvalue weighted by Crippen LogP contribution is -2.40. The summed E-state index contributed by atoms with van der Waals surface area (Å²) in [5.74, 6) is 3.17. The summed E-state index contributed by atoms with van der Waals surface area (Å²) < 4.78 is 0. The SMILES string of the molecule is CCNc1nc(C)nc(NCC2(O)CCC(C)CC2)c1C. The van der Waals surface area contributed by atoms with Crippen LogP contribution in [0.5, 0.6) is 0 Å². The third-order valence-electron chi connectivity index (χ3n) is 4.39. The molecule has 1 fully saturated rings. The third kappa shape index (κ3) is 4.06. The highest BCUT2D eigenvalue weighted by molar-refractivity contribution is 5.57. The predicted molar refractivity (Wildman–Crippen MR) is 86.7 cm³/mol. The van der Waals surface area contributed by atoms with E-state index in [0.717, 1.165) is 61.2 Å². The molecule has 0 saturated heterocycles. The highest BCUT2D eigenvalue weighted by Crippen LogP contribution is 2.32. The fourth-order valence-corrected chi connectivity index (χ4v) is 2.86. The first-order valence-electron chi connectivity index (χ1n) is 7.99. The molecule has 0 aliphatic heterocycles. The molecule has 0 spiro atoms. The Kier molecular flexibility index (Phi) is 5.04. The highest BCUT2D eigenvalue weighted by Gasteiger charge is 2.31. The second kappa shape index (κ2) is 6.60. The number of hydrogen-bond donors (Lipinski definition) is 3. The van der Waals surface area contributed by atoms with Gasteiger partial charge in [0.15, 0.2) is 0 Å². The number of aryl methyl sites for hydroxylation is 1. The minimum Gasteiger partial charge on any atom is -0.388 e. The van der Waals surface area contributed by atoms with Gasteiger partial charge in [0.25, 0.3) is 0 Å². The maximum absolute atomic E-state index is 10.7. The van der Waals surface area contributed by atoms with Gasteiger partial charge in [-0.3, -0.25) is 0 Å². The third-order valence-corrected chi connectivity index (χ3v) is 4.39. The molecule has 2 rings (SSSR count). The normalized spacial score (nSPS) is 25.7. The molecular formula is C16H28N4O. The van der Waals surface area contributed by atoms with Crippen LogP contribution in [0, 0.1) is 19.8 Å². The van der Waals surface area contributed by atoms with E-state index in [1.54, 1.807) is 0 Å². The number of nitrogens with one attached hydrogen (secondary N) is 2. The van der Waals surface area contributed by atoms with Crippen molar-refractivity contribution < 1.29 is 5.11 Å². The van der Waals surface area contributed by atoms with Gasteiger partial charge in [0.05, 0.1) is 5.60 Å². The molecule has 0 atom stereocenters. The van der Waals surface area contributed by atoms with Crippen molar-refractivity contribution in [2.45, 2.75) is 59.0 Å². The lowest BCUT2D eigenvalue weighted by Gasteiger charge is -2.35. The maximum Gasteiger partial charge on any atom is 0.134 e. The Labute approximate surface area is 127 Å². The topological polar surface area (TPSA) is 70.1 Å². The zero-order chi connectivity index (χ0) is 15.5. The van der Waals surface area contributed by atoms with Crippen LogP contribution < -0.4 is 10.6 Å². The van der Waals surface area contributed by atoms with Gasteiger partial charge in [-0.05, 0) is 52.4 Å². The molecule has 0 bridgehead atoms. The van der Waals surface area contributed by atoms with Crippen LogP contribution in [0.4, 0.5) is 11.6 Å². The second-order valence-corrected chi connectivity index (χ2v) is 6.38. The average molecular weight is 292 g/mol. The number of aliphatic hydroxyl groups is 1. The Morgan fingerprint density at radius 1 is 1.14 bits per heavy atom. The lowest BCUT2D eigenvalue weighted by molar-refractivity contribution is 0.00493. The van der Waals surface area contributed by atoms with E-state index in [9.17, 15) is 5.11 Å². The standard InChI is InChI=1S/C16H28N4O/c1-5-17-14-12(3)15(20-13(4)19-14)18-10-16(21)8-6-11(2)7-9-16/h11,21H,5-10H2,1-4H3,(H2,17,18,19,20).